The van der Waals surface area contributed by atoms with E-state index in [0.717, 1.165) is 64.7 Å². The summed E-state index contributed by atoms with van der Waals surface area (Å²) in [5, 5.41) is 0. The summed E-state index contributed by atoms with van der Waals surface area (Å²) in [4.78, 5) is 31.9. The van der Waals surface area contributed by atoms with Crippen LogP contribution in [0.3, 0.4) is 0 Å². The van der Waals surface area contributed by atoms with Crippen molar-refractivity contribution in [3.05, 3.63) is 0 Å². The quantitative estimate of drug-likeness (QED) is 0.769. The van der Waals surface area contributed by atoms with Crippen LogP contribution < -0.4 is 0 Å². The number of carbonyl (C=O) groups excluding carboxylic acids is 2. The molecule has 0 aromatic rings. The van der Waals surface area contributed by atoms with Crippen LogP contribution in [0, 0.1) is 11.3 Å². The minimum atomic E-state index is -1.64. The van der Waals surface area contributed by atoms with E-state index in [1.807, 2.05) is 4.90 Å². The third-order valence-electron chi connectivity index (χ3n) is 7.31. The minimum Gasteiger partial charge on any atom is -0.342 e. The number of likely N-dealkylation sites (tertiary alicyclic amines) is 3. The number of amides is 2. The summed E-state index contributed by atoms with van der Waals surface area (Å²) < 4.78 is 14.6. The predicted molar refractivity (Wildman–Crippen MR) is 97.4 cm³/mol. The van der Waals surface area contributed by atoms with Crippen LogP contribution in [-0.4, -0.2) is 78.5 Å². The van der Waals surface area contributed by atoms with Crippen molar-refractivity contribution in [3.63, 3.8) is 0 Å². The Kier molecular flexibility index (Phi) is 4.74. The second-order valence-electron chi connectivity index (χ2n) is 9.18. The smallest absolute Gasteiger partial charge is 0.260 e. The van der Waals surface area contributed by atoms with E-state index in [1.165, 1.54) is 0 Å². The molecule has 3 aliphatic heterocycles. The lowest BCUT2D eigenvalue weighted by Crippen LogP contribution is -2.56. The molecule has 4 rings (SSSR count). The Balaban J connectivity index is 1.39. The highest BCUT2D eigenvalue weighted by molar-refractivity contribution is 5.89. The molecule has 0 unspecified atom stereocenters. The molecule has 4 fully saturated rings. The van der Waals surface area contributed by atoms with Gasteiger partial charge in [0.2, 0.25) is 5.91 Å². The molecule has 0 radical (unpaired) electrons. The summed E-state index contributed by atoms with van der Waals surface area (Å²) in [7, 11) is 2.15. The number of nitrogens with zero attached hydrogens (tertiary/aromatic N) is 3. The molecule has 6 heteroatoms. The average Bonchev–Trinajstić information content (AvgIpc) is 2.90. The van der Waals surface area contributed by atoms with E-state index in [0.29, 0.717) is 31.8 Å². The third-order valence-corrected chi connectivity index (χ3v) is 7.31. The lowest BCUT2D eigenvalue weighted by Gasteiger charge is -2.43. The van der Waals surface area contributed by atoms with Gasteiger partial charge < -0.3 is 14.7 Å². The fraction of sp³-hybridized carbons (Fsp3) is 0.900. The molecule has 0 aromatic carbocycles. The van der Waals surface area contributed by atoms with Gasteiger partial charge in [-0.1, -0.05) is 0 Å². The fourth-order valence-corrected chi connectivity index (χ4v) is 5.29. The van der Waals surface area contributed by atoms with Gasteiger partial charge in [-0.3, -0.25) is 9.59 Å². The maximum absolute atomic E-state index is 14.6. The van der Waals surface area contributed by atoms with E-state index in [1.54, 1.807) is 4.90 Å². The highest BCUT2D eigenvalue weighted by atomic mass is 19.1. The zero-order chi connectivity index (χ0) is 18.4. The van der Waals surface area contributed by atoms with Gasteiger partial charge in [0, 0.05) is 26.2 Å². The summed E-state index contributed by atoms with van der Waals surface area (Å²) in [5.41, 5.74) is -2.09. The molecule has 0 N–H and O–H groups in total. The molecule has 3 heterocycles. The molecular formula is C20H32FN3O2. The van der Waals surface area contributed by atoms with Gasteiger partial charge in [-0.25, -0.2) is 4.39 Å². The minimum absolute atomic E-state index is 0.218. The Morgan fingerprint density at radius 2 is 1.81 bits per heavy atom. The van der Waals surface area contributed by atoms with Crippen LogP contribution in [0.4, 0.5) is 4.39 Å². The summed E-state index contributed by atoms with van der Waals surface area (Å²) in [6.07, 6.45) is 6.29. The first kappa shape index (κ1) is 18.2. The Hall–Kier alpha value is -1.17. The molecule has 3 saturated heterocycles. The molecular weight excluding hydrogens is 333 g/mol. The number of hydrogen-bond acceptors (Lipinski definition) is 3. The molecule has 26 heavy (non-hydrogen) atoms. The topological polar surface area (TPSA) is 43.9 Å². The lowest BCUT2D eigenvalue weighted by atomic mass is 9.76. The second-order valence-corrected chi connectivity index (χ2v) is 9.18. The molecule has 1 spiro atoms. The van der Waals surface area contributed by atoms with Gasteiger partial charge in [-0.2, -0.15) is 0 Å². The van der Waals surface area contributed by atoms with Crippen molar-refractivity contribution in [2.45, 2.75) is 57.0 Å². The van der Waals surface area contributed by atoms with Gasteiger partial charge >= 0.3 is 0 Å². The monoisotopic (exact) mass is 365 g/mol. The van der Waals surface area contributed by atoms with Crippen LogP contribution in [0.2, 0.25) is 0 Å². The van der Waals surface area contributed by atoms with Crippen molar-refractivity contribution in [1.82, 2.24) is 14.7 Å². The maximum atomic E-state index is 14.6. The third kappa shape index (κ3) is 3.14. The summed E-state index contributed by atoms with van der Waals surface area (Å²) >= 11 is 0. The number of piperidine rings is 2. The van der Waals surface area contributed by atoms with Crippen LogP contribution in [-0.2, 0) is 9.59 Å². The van der Waals surface area contributed by atoms with Crippen molar-refractivity contribution in [3.8, 4) is 0 Å². The van der Waals surface area contributed by atoms with Gasteiger partial charge in [-0.15, -0.1) is 0 Å². The van der Waals surface area contributed by atoms with Crippen LogP contribution in [0.15, 0.2) is 0 Å². The predicted octanol–water partition coefficient (Wildman–Crippen LogP) is 2.06. The van der Waals surface area contributed by atoms with E-state index in [2.05, 4.69) is 11.9 Å². The zero-order valence-corrected chi connectivity index (χ0v) is 16.0. The largest absolute Gasteiger partial charge is 0.342 e. The summed E-state index contributed by atoms with van der Waals surface area (Å²) in [6.45, 7) is 4.91. The average molecular weight is 365 g/mol. The van der Waals surface area contributed by atoms with Crippen LogP contribution in [0.1, 0.15) is 51.4 Å². The molecule has 1 aliphatic carbocycles. The molecule has 4 aliphatic rings. The van der Waals surface area contributed by atoms with Crippen molar-refractivity contribution >= 4 is 11.8 Å². The SMILES string of the molecule is CN1CCC(CN2CC[C@]3(CCCN(C(=O)C4(F)CCC4)C3)C2=O)CC1. The Morgan fingerprint density at radius 1 is 1.08 bits per heavy atom. The van der Waals surface area contributed by atoms with Crippen LogP contribution >= 0.6 is 0 Å². The number of carbonyl (C=O) groups is 2. The van der Waals surface area contributed by atoms with Crippen molar-refractivity contribution in [1.29, 1.82) is 0 Å². The van der Waals surface area contributed by atoms with Gasteiger partial charge in [0.05, 0.1) is 5.41 Å². The molecule has 0 bridgehead atoms. The zero-order valence-electron chi connectivity index (χ0n) is 16.0. The number of hydrogen-bond donors (Lipinski definition) is 0. The standard InChI is InChI=1S/C20H32FN3O2/c1-22-11-4-16(5-12-22)14-23-13-9-19(17(23)25)6-3-10-24(15-19)18(26)20(21)7-2-8-20/h16H,2-15H2,1H3/t19-/m0/s1. The van der Waals surface area contributed by atoms with E-state index < -0.39 is 11.1 Å². The lowest BCUT2D eigenvalue weighted by molar-refractivity contribution is -0.156. The van der Waals surface area contributed by atoms with E-state index in [-0.39, 0.29) is 11.8 Å². The first-order valence-electron chi connectivity index (χ1n) is 10.4. The molecule has 1 atom stereocenters. The van der Waals surface area contributed by atoms with Crippen molar-refractivity contribution < 1.29 is 14.0 Å². The van der Waals surface area contributed by atoms with Gasteiger partial charge in [-0.05, 0) is 77.4 Å². The number of alkyl halides is 1. The Morgan fingerprint density at radius 3 is 2.46 bits per heavy atom. The van der Waals surface area contributed by atoms with Crippen molar-refractivity contribution in [2.24, 2.45) is 11.3 Å². The molecule has 2 amide bonds. The molecule has 146 valence electrons. The molecule has 1 saturated carbocycles. The molecule has 5 nitrogen and oxygen atoms in total. The van der Waals surface area contributed by atoms with E-state index >= 15 is 0 Å². The van der Waals surface area contributed by atoms with Gasteiger partial charge in [0.25, 0.3) is 5.91 Å². The molecule has 0 aromatic heterocycles. The summed E-state index contributed by atoms with van der Waals surface area (Å²) in [5.74, 6) is 0.454. The number of halogens is 1. The highest BCUT2D eigenvalue weighted by Gasteiger charge is 2.53. The van der Waals surface area contributed by atoms with E-state index in [4.69, 9.17) is 0 Å². The Labute approximate surface area is 155 Å². The number of rotatable bonds is 3. The van der Waals surface area contributed by atoms with Gasteiger partial charge in [0.15, 0.2) is 5.67 Å². The highest BCUT2D eigenvalue weighted by Crippen LogP contribution is 2.43. The first-order chi connectivity index (χ1) is 12.4. The van der Waals surface area contributed by atoms with Gasteiger partial charge in [0.1, 0.15) is 0 Å². The van der Waals surface area contributed by atoms with Crippen LogP contribution in [0.25, 0.3) is 0 Å². The van der Waals surface area contributed by atoms with E-state index in [9.17, 15) is 14.0 Å². The van der Waals surface area contributed by atoms with Crippen molar-refractivity contribution in [2.75, 3.05) is 46.3 Å². The maximum Gasteiger partial charge on any atom is 0.260 e. The summed E-state index contributed by atoms with van der Waals surface area (Å²) in [6, 6.07) is 0. The fourth-order valence-electron chi connectivity index (χ4n) is 5.29. The van der Waals surface area contributed by atoms with Crippen LogP contribution in [0.5, 0.6) is 0 Å². The Bertz CT molecular complexity index is 571. The normalized spacial score (nSPS) is 32.9. The second kappa shape index (κ2) is 6.77. The first-order valence-corrected chi connectivity index (χ1v) is 10.4.